The second kappa shape index (κ2) is 1.73. The molecular weight excluding hydrogens is 116 g/mol. The van der Waals surface area contributed by atoms with E-state index in [2.05, 4.69) is 10.3 Å². The van der Waals surface area contributed by atoms with E-state index in [0.717, 1.165) is 0 Å². The zero-order valence-electron chi connectivity index (χ0n) is 5.26. The van der Waals surface area contributed by atoms with Gasteiger partial charge in [-0.25, -0.2) is 4.99 Å². The van der Waals surface area contributed by atoms with Crippen molar-refractivity contribution in [3.63, 3.8) is 0 Å². The first-order valence-electron chi connectivity index (χ1n) is 2.67. The van der Waals surface area contributed by atoms with Gasteiger partial charge in [0.1, 0.15) is 5.66 Å². The second-order valence-corrected chi connectivity index (χ2v) is 2.21. The molecule has 1 heterocycles. The van der Waals surface area contributed by atoms with Gasteiger partial charge in [-0.05, 0) is 6.92 Å². The number of hydrogen-bond donors (Lipinski definition) is 3. The van der Waals surface area contributed by atoms with Gasteiger partial charge in [0.2, 0.25) is 0 Å². The summed E-state index contributed by atoms with van der Waals surface area (Å²) in [5, 5.41) is 2.80. The number of nitrogens with one attached hydrogen (secondary N) is 1. The van der Waals surface area contributed by atoms with E-state index in [1.165, 1.54) is 12.5 Å². The highest BCUT2D eigenvalue weighted by atomic mass is 15.2. The summed E-state index contributed by atoms with van der Waals surface area (Å²) in [5.41, 5.74) is 11.0. The van der Waals surface area contributed by atoms with Crippen molar-refractivity contribution >= 4 is 6.34 Å². The predicted molar refractivity (Wildman–Crippen MR) is 36.5 cm³/mol. The number of nitrogens with zero attached hydrogens (tertiary/aromatic N) is 1. The van der Waals surface area contributed by atoms with Gasteiger partial charge in [-0.2, -0.15) is 0 Å². The molecular formula is C5H10N4. The number of hydrogen-bond acceptors (Lipinski definition) is 4. The Hall–Kier alpha value is -1.03. The Labute approximate surface area is 53.6 Å². The van der Waals surface area contributed by atoms with Crippen LogP contribution in [0.4, 0.5) is 0 Å². The van der Waals surface area contributed by atoms with Gasteiger partial charge in [-0.3, -0.25) is 0 Å². The number of aliphatic imine (C=N–C) groups is 1. The molecule has 1 rings (SSSR count). The lowest BCUT2D eigenvalue weighted by atomic mass is 10.1. The summed E-state index contributed by atoms with van der Waals surface area (Å²) in [6, 6.07) is 0. The third kappa shape index (κ3) is 1.02. The molecule has 0 saturated heterocycles. The smallest absolute Gasteiger partial charge is 0.126 e. The van der Waals surface area contributed by atoms with E-state index in [0.29, 0.717) is 5.70 Å². The Morgan fingerprint density at radius 3 is 2.78 bits per heavy atom. The highest BCUT2D eigenvalue weighted by molar-refractivity contribution is 5.59. The summed E-state index contributed by atoms with van der Waals surface area (Å²) in [7, 11) is 0. The van der Waals surface area contributed by atoms with Gasteiger partial charge in [0.25, 0.3) is 0 Å². The third-order valence-electron chi connectivity index (χ3n) is 1.25. The van der Waals surface area contributed by atoms with Crippen LogP contribution in [-0.2, 0) is 0 Å². The van der Waals surface area contributed by atoms with Crippen molar-refractivity contribution in [2.24, 2.45) is 16.5 Å². The first-order chi connectivity index (χ1) is 4.13. The monoisotopic (exact) mass is 126 g/mol. The van der Waals surface area contributed by atoms with Gasteiger partial charge in [-0.1, -0.05) is 0 Å². The van der Waals surface area contributed by atoms with Crippen molar-refractivity contribution in [3.05, 3.63) is 11.9 Å². The minimum atomic E-state index is -0.623. The summed E-state index contributed by atoms with van der Waals surface area (Å²) >= 11 is 0. The van der Waals surface area contributed by atoms with Crippen LogP contribution in [0.1, 0.15) is 6.92 Å². The third-order valence-corrected chi connectivity index (χ3v) is 1.25. The van der Waals surface area contributed by atoms with E-state index >= 15 is 0 Å². The molecule has 1 aliphatic rings. The molecule has 4 heteroatoms. The standard InChI is InChI=1S/C5H10N4/c1-5(7)4(6)2-8-3-9-5/h2-3H,6-7H2,1H3,(H,8,9). The normalized spacial score (nSPS) is 33.3. The van der Waals surface area contributed by atoms with Crippen molar-refractivity contribution < 1.29 is 0 Å². The van der Waals surface area contributed by atoms with Crippen molar-refractivity contribution in [2.45, 2.75) is 12.6 Å². The molecule has 50 valence electrons. The first kappa shape index (κ1) is 6.10. The molecule has 4 nitrogen and oxygen atoms in total. The fourth-order valence-electron chi connectivity index (χ4n) is 0.506. The Morgan fingerprint density at radius 2 is 2.44 bits per heavy atom. The molecule has 0 bridgehead atoms. The molecule has 9 heavy (non-hydrogen) atoms. The van der Waals surface area contributed by atoms with Crippen molar-refractivity contribution in [2.75, 3.05) is 0 Å². The Morgan fingerprint density at radius 1 is 1.78 bits per heavy atom. The topological polar surface area (TPSA) is 76.4 Å². The molecule has 1 aliphatic heterocycles. The van der Waals surface area contributed by atoms with Gasteiger partial charge in [0.05, 0.1) is 18.2 Å². The van der Waals surface area contributed by atoms with E-state index in [4.69, 9.17) is 11.5 Å². The molecule has 0 aromatic carbocycles. The van der Waals surface area contributed by atoms with E-state index in [1.54, 1.807) is 6.92 Å². The molecule has 0 saturated carbocycles. The van der Waals surface area contributed by atoms with Crippen LogP contribution in [0.2, 0.25) is 0 Å². The maximum Gasteiger partial charge on any atom is 0.126 e. The molecule has 0 aliphatic carbocycles. The molecule has 0 aromatic heterocycles. The lowest BCUT2D eigenvalue weighted by Gasteiger charge is -2.26. The Bertz CT molecular complexity index is 168. The Kier molecular flexibility index (Phi) is 1.17. The quantitative estimate of drug-likeness (QED) is 0.393. The highest BCUT2D eigenvalue weighted by Crippen LogP contribution is 2.04. The maximum atomic E-state index is 5.63. The average molecular weight is 126 g/mol. The fraction of sp³-hybridized carbons (Fsp3) is 0.400. The average Bonchev–Trinajstić information content (AvgIpc) is 1.77. The van der Waals surface area contributed by atoms with Crippen molar-refractivity contribution in [3.8, 4) is 0 Å². The summed E-state index contributed by atoms with van der Waals surface area (Å²) in [6.45, 7) is 1.78. The van der Waals surface area contributed by atoms with Crippen LogP contribution in [0.15, 0.2) is 16.9 Å². The molecule has 0 spiro atoms. The molecule has 0 fully saturated rings. The van der Waals surface area contributed by atoms with Gasteiger partial charge in [0, 0.05) is 0 Å². The van der Waals surface area contributed by atoms with Crippen LogP contribution < -0.4 is 16.8 Å². The van der Waals surface area contributed by atoms with Gasteiger partial charge in [-0.15, -0.1) is 0 Å². The first-order valence-corrected chi connectivity index (χ1v) is 2.67. The molecule has 0 aromatic rings. The minimum Gasteiger partial charge on any atom is -0.398 e. The SMILES string of the molecule is CC1(N)NC=NC=C1N. The lowest BCUT2D eigenvalue weighted by Crippen LogP contribution is -2.55. The summed E-state index contributed by atoms with van der Waals surface area (Å²) in [5.74, 6) is 0. The zero-order chi connectivity index (χ0) is 6.91. The Balaban J connectivity index is 2.83. The van der Waals surface area contributed by atoms with E-state index in [9.17, 15) is 0 Å². The molecule has 0 radical (unpaired) electrons. The zero-order valence-corrected chi connectivity index (χ0v) is 5.26. The summed E-state index contributed by atoms with van der Waals surface area (Å²) in [6.07, 6.45) is 3.06. The van der Waals surface area contributed by atoms with Gasteiger partial charge < -0.3 is 16.8 Å². The molecule has 0 amide bonds. The molecule has 5 N–H and O–H groups in total. The van der Waals surface area contributed by atoms with E-state index < -0.39 is 5.66 Å². The summed E-state index contributed by atoms with van der Waals surface area (Å²) in [4.78, 5) is 3.75. The molecule has 1 unspecified atom stereocenters. The van der Waals surface area contributed by atoms with Crippen LogP contribution in [0.3, 0.4) is 0 Å². The fourth-order valence-corrected chi connectivity index (χ4v) is 0.506. The number of rotatable bonds is 0. The van der Waals surface area contributed by atoms with E-state index in [-0.39, 0.29) is 0 Å². The second-order valence-electron chi connectivity index (χ2n) is 2.21. The van der Waals surface area contributed by atoms with Crippen LogP contribution >= 0.6 is 0 Å². The van der Waals surface area contributed by atoms with Crippen LogP contribution in [0.5, 0.6) is 0 Å². The summed E-state index contributed by atoms with van der Waals surface area (Å²) < 4.78 is 0. The highest BCUT2D eigenvalue weighted by Gasteiger charge is 2.21. The van der Waals surface area contributed by atoms with E-state index in [1.807, 2.05) is 0 Å². The number of nitrogens with two attached hydrogens (primary N) is 2. The van der Waals surface area contributed by atoms with Gasteiger partial charge in [0.15, 0.2) is 0 Å². The largest absolute Gasteiger partial charge is 0.398 e. The van der Waals surface area contributed by atoms with Crippen molar-refractivity contribution in [1.82, 2.24) is 5.32 Å². The lowest BCUT2D eigenvalue weighted by molar-refractivity contribution is 0.504. The van der Waals surface area contributed by atoms with Crippen LogP contribution in [0.25, 0.3) is 0 Å². The van der Waals surface area contributed by atoms with Gasteiger partial charge >= 0.3 is 0 Å². The maximum absolute atomic E-state index is 5.63. The van der Waals surface area contributed by atoms with Crippen LogP contribution in [-0.4, -0.2) is 12.0 Å². The predicted octanol–water partition coefficient (Wildman–Crippen LogP) is -0.907. The van der Waals surface area contributed by atoms with Crippen LogP contribution in [0, 0.1) is 0 Å². The minimum absolute atomic E-state index is 0.546. The molecule has 1 atom stereocenters. The van der Waals surface area contributed by atoms with Crippen molar-refractivity contribution in [1.29, 1.82) is 0 Å².